The average molecular weight is 224 g/mol. The van der Waals surface area contributed by atoms with Gasteiger partial charge in [-0.25, -0.2) is 4.39 Å². The number of halogens is 2. The molecule has 0 unspecified atom stereocenters. The Morgan fingerprint density at radius 2 is 2.13 bits per heavy atom. The molecule has 2 rings (SSSR count). The Morgan fingerprint density at radius 3 is 2.60 bits per heavy atom. The van der Waals surface area contributed by atoms with Gasteiger partial charge in [-0.3, -0.25) is 4.79 Å². The monoisotopic (exact) mass is 223 g/mol. The number of Topliss-reactive ketones (excluding diaryl/α,β-unsaturated/α-hetero) is 1. The summed E-state index contributed by atoms with van der Waals surface area (Å²) in [6, 6.07) is 6.26. The van der Waals surface area contributed by atoms with Gasteiger partial charge in [0.1, 0.15) is 17.0 Å². The smallest absolute Gasteiger partial charge is 0.136 e. The molecule has 0 radical (unpaired) electrons. The third kappa shape index (κ3) is 1.42. The van der Waals surface area contributed by atoms with E-state index in [1.165, 1.54) is 18.2 Å². The van der Waals surface area contributed by atoms with Gasteiger partial charge in [-0.05, 0) is 12.1 Å². The minimum absolute atomic E-state index is 0.0316. The summed E-state index contributed by atoms with van der Waals surface area (Å²) in [5.74, 6) is -0.549. The molecule has 0 spiro atoms. The molecule has 1 aliphatic rings. The quantitative estimate of drug-likeness (QED) is 0.734. The number of nitriles is 1. The number of ketones is 1. The summed E-state index contributed by atoms with van der Waals surface area (Å²) in [7, 11) is 0. The van der Waals surface area contributed by atoms with Crippen molar-refractivity contribution in [2.24, 2.45) is 0 Å². The maximum atomic E-state index is 13.5. The minimum atomic E-state index is -1.04. The maximum absolute atomic E-state index is 13.5. The molecule has 2 nitrogen and oxygen atoms in total. The average Bonchev–Trinajstić information content (AvgIpc) is 2.14. The molecule has 1 aliphatic carbocycles. The van der Waals surface area contributed by atoms with Crippen molar-refractivity contribution in [3.8, 4) is 6.07 Å². The van der Waals surface area contributed by atoms with Gasteiger partial charge in [0, 0.05) is 23.4 Å². The molecule has 1 fully saturated rings. The fourth-order valence-corrected chi connectivity index (χ4v) is 2.23. The van der Waals surface area contributed by atoms with E-state index < -0.39 is 11.2 Å². The molecule has 0 bridgehead atoms. The van der Waals surface area contributed by atoms with E-state index in [1.807, 2.05) is 6.07 Å². The summed E-state index contributed by atoms with van der Waals surface area (Å²) in [4.78, 5) is 11.0. The highest BCUT2D eigenvalue weighted by Gasteiger charge is 2.48. The molecular formula is C11H7ClFNO. The molecule has 15 heavy (non-hydrogen) atoms. The molecule has 1 aromatic carbocycles. The van der Waals surface area contributed by atoms with Crippen LogP contribution < -0.4 is 0 Å². The predicted molar refractivity (Wildman–Crippen MR) is 52.9 cm³/mol. The lowest BCUT2D eigenvalue weighted by atomic mass is 9.64. The minimum Gasteiger partial charge on any atom is -0.300 e. The van der Waals surface area contributed by atoms with Crippen LogP contribution in [0.15, 0.2) is 18.2 Å². The Bertz CT molecular complexity index is 450. The number of hydrogen-bond acceptors (Lipinski definition) is 2. The Hall–Kier alpha value is -1.40. The van der Waals surface area contributed by atoms with Gasteiger partial charge in [-0.1, -0.05) is 17.7 Å². The third-order valence-electron chi connectivity index (χ3n) is 2.65. The van der Waals surface area contributed by atoms with Crippen LogP contribution >= 0.6 is 11.6 Å². The van der Waals surface area contributed by atoms with Crippen LogP contribution in [0, 0.1) is 17.1 Å². The predicted octanol–water partition coefficient (Wildman–Crippen LogP) is 2.60. The molecule has 0 N–H and O–H groups in total. The molecule has 4 heteroatoms. The molecule has 76 valence electrons. The van der Waals surface area contributed by atoms with Crippen molar-refractivity contribution in [2.45, 2.75) is 18.3 Å². The summed E-state index contributed by atoms with van der Waals surface area (Å²) < 4.78 is 13.5. The van der Waals surface area contributed by atoms with Gasteiger partial charge in [-0.15, -0.1) is 0 Å². The van der Waals surface area contributed by atoms with Crippen LogP contribution in [-0.2, 0) is 10.2 Å². The SMILES string of the molecule is N#CC1(c2c(F)cccc2Cl)CC(=O)C1. The summed E-state index contributed by atoms with van der Waals surface area (Å²) >= 11 is 5.85. The zero-order valence-corrected chi connectivity index (χ0v) is 8.51. The fraction of sp³-hybridized carbons (Fsp3) is 0.273. The topological polar surface area (TPSA) is 40.9 Å². The Balaban J connectivity index is 2.54. The Kier molecular flexibility index (Phi) is 2.24. The second-order valence-corrected chi connectivity index (χ2v) is 4.09. The van der Waals surface area contributed by atoms with E-state index in [9.17, 15) is 9.18 Å². The Morgan fingerprint density at radius 1 is 1.47 bits per heavy atom. The van der Waals surface area contributed by atoms with Crippen LogP contribution in [-0.4, -0.2) is 5.78 Å². The van der Waals surface area contributed by atoms with Gasteiger partial charge in [-0.2, -0.15) is 5.26 Å². The molecule has 0 aliphatic heterocycles. The molecule has 1 saturated carbocycles. The van der Waals surface area contributed by atoms with Crippen molar-refractivity contribution in [3.63, 3.8) is 0 Å². The summed E-state index contributed by atoms with van der Waals surface area (Å²) in [5.41, 5.74) is -0.881. The van der Waals surface area contributed by atoms with Crippen LogP contribution in [0.3, 0.4) is 0 Å². The lowest BCUT2D eigenvalue weighted by Crippen LogP contribution is -2.41. The van der Waals surface area contributed by atoms with E-state index in [0.29, 0.717) is 0 Å². The number of benzene rings is 1. The largest absolute Gasteiger partial charge is 0.300 e. The highest BCUT2D eigenvalue weighted by atomic mass is 35.5. The molecular weight excluding hydrogens is 217 g/mol. The van der Waals surface area contributed by atoms with Crippen LogP contribution in [0.1, 0.15) is 18.4 Å². The number of nitrogens with zero attached hydrogens (tertiary/aromatic N) is 1. The lowest BCUT2D eigenvalue weighted by molar-refractivity contribution is -0.126. The molecule has 0 saturated heterocycles. The van der Waals surface area contributed by atoms with Gasteiger partial charge in [0.15, 0.2) is 0 Å². The van der Waals surface area contributed by atoms with E-state index in [0.717, 1.165) is 0 Å². The van der Waals surface area contributed by atoms with E-state index >= 15 is 0 Å². The van der Waals surface area contributed by atoms with Crippen molar-refractivity contribution >= 4 is 17.4 Å². The first-order valence-corrected chi connectivity index (χ1v) is 4.84. The van der Waals surface area contributed by atoms with Crippen molar-refractivity contribution in [2.75, 3.05) is 0 Å². The first-order chi connectivity index (χ1) is 7.09. The second kappa shape index (κ2) is 3.32. The fourth-order valence-electron chi connectivity index (χ4n) is 1.89. The molecule has 0 amide bonds. The number of rotatable bonds is 1. The van der Waals surface area contributed by atoms with Gasteiger partial charge < -0.3 is 0 Å². The third-order valence-corrected chi connectivity index (χ3v) is 2.97. The number of carbonyl (C=O) groups is 1. The van der Waals surface area contributed by atoms with Crippen molar-refractivity contribution in [1.82, 2.24) is 0 Å². The highest BCUT2D eigenvalue weighted by Crippen LogP contribution is 2.44. The molecule has 0 atom stereocenters. The van der Waals surface area contributed by atoms with E-state index in [-0.39, 0.29) is 29.2 Å². The Labute approximate surface area is 91.3 Å². The zero-order chi connectivity index (χ0) is 11.1. The lowest BCUT2D eigenvalue weighted by Gasteiger charge is -2.34. The van der Waals surface area contributed by atoms with Gasteiger partial charge in [0.05, 0.1) is 6.07 Å². The summed E-state index contributed by atoms with van der Waals surface area (Å²) in [6.45, 7) is 0. The van der Waals surface area contributed by atoms with Crippen LogP contribution in [0.4, 0.5) is 4.39 Å². The summed E-state index contributed by atoms with van der Waals surface area (Å²) in [6.07, 6.45) is 0.119. The van der Waals surface area contributed by atoms with Crippen molar-refractivity contribution in [1.29, 1.82) is 5.26 Å². The van der Waals surface area contributed by atoms with Gasteiger partial charge >= 0.3 is 0 Å². The van der Waals surface area contributed by atoms with Crippen molar-refractivity contribution < 1.29 is 9.18 Å². The van der Waals surface area contributed by atoms with Crippen molar-refractivity contribution in [3.05, 3.63) is 34.6 Å². The molecule has 0 heterocycles. The van der Waals surface area contributed by atoms with E-state index in [2.05, 4.69) is 0 Å². The number of carbonyl (C=O) groups excluding carboxylic acids is 1. The van der Waals surface area contributed by atoms with E-state index in [1.54, 1.807) is 0 Å². The van der Waals surface area contributed by atoms with Crippen LogP contribution in [0.25, 0.3) is 0 Å². The van der Waals surface area contributed by atoms with Crippen LogP contribution in [0.2, 0.25) is 5.02 Å². The van der Waals surface area contributed by atoms with Gasteiger partial charge in [0.2, 0.25) is 0 Å². The normalized spacial score (nSPS) is 18.1. The standard InChI is InChI=1S/C11H7ClFNO/c12-8-2-1-3-9(13)10(8)11(6-14)4-7(15)5-11/h1-3H,4-5H2. The number of hydrogen-bond donors (Lipinski definition) is 0. The maximum Gasteiger partial charge on any atom is 0.136 e. The first kappa shape index (κ1) is 10.1. The van der Waals surface area contributed by atoms with Gasteiger partial charge in [0.25, 0.3) is 0 Å². The second-order valence-electron chi connectivity index (χ2n) is 3.68. The first-order valence-electron chi connectivity index (χ1n) is 4.46. The summed E-state index contributed by atoms with van der Waals surface area (Å²) in [5, 5.41) is 9.24. The molecule has 0 aromatic heterocycles. The van der Waals surface area contributed by atoms with Crippen LogP contribution in [0.5, 0.6) is 0 Å². The zero-order valence-electron chi connectivity index (χ0n) is 7.76. The highest BCUT2D eigenvalue weighted by molar-refractivity contribution is 6.31. The molecule has 1 aromatic rings. The van der Waals surface area contributed by atoms with E-state index in [4.69, 9.17) is 16.9 Å².